The summed E-state index contributed by atoms with van der Waals surface area (Å²) in [6, 6.07) is 5.61. The van der Waals surface area contributed by atoms with Crippen LogP contribution in [0.25, 0.3) is 11.4 Å². The second-order valence-corrected chi connectivity index (χ2v) is 4.64. The Morgan fingerprint density at radius 2 is 2.16 bits per heavy atom. The van der Waals surface area contributed by atoms with Crippen molar-refractivity contribution in [2.75, 3.05) is 13.7 Å². The molecule has 1 aromatic carbocycles. The molecule has 0 saturated carbocycles. The lowest BCUT2D eigenvalue weighted by Crippen LogP contribution is -2.10. The molecule has 0 spiro atoms. The summed E-state index contributed by atoms with van der Waals surface area (Å²) < 4.78 is 6.94. The SMILES string of the molecule is COCCn1c(CO)nnc1-c1ccc(Cl)cc1C. The van der Waals surface area contributed by atoms with Crippen molar-refractivity contribution in [1.29, 1.82) is 0 Å². The summed E-state index contributed by atoms with van der Waals surface area (Å²) >= 11 is 5.96. The lowest BCUT2D eigenvalue weighted by Gasteiger charge is -2.10. The molecule has 1 N–H and O–H groups in total. The summed E-state index contributed by atoms with van der Waals surface area (Å²) in [6.45, 7) is 2.94. The summed E-state index contributed by atoms with van der Waals surface area (Å²) in [5.74, 6) is 1.25. The molecule has 2 aromatic rings. The highest BCUT2D eigenvalue weighted by Gasteiger charge is 2.14. The van der Waals surface area contributed by atoms with Gasteiger partial charge in [-0.25, -0.2) is 0 Å². The number of benzene rings is 1. The van der Waals surface area contributed by atoms with Crippen molar-refractivity contribution in [3.63, 3.8) is 0 Å². The second-order valence-electron chi connectivity index (χ2n) is 4.20. The molecule has 19 heavy (non-hydrogen) atoms. The van der Waals surface area contributed by atoms with E-state index >= 15 is 0 Å². The zero-order valence-corrected chi connectivity index (χ0v) is 11.7. The number of hydrogen-bond donors (Lipinski definition) is 1. The Morgan fingerprint density at radius 3 is 2.79 bits per heavy atom. The van der Waals surface area contributed by atoms with Crippen LogP contribution in [0.15, 0.2) is 18.2 Å². The van der Waals surface area contributed by atoms with Gasteiger partial charge in [-0.3, -0.25) is 0 Å². The van der Waals surface area contributed by atoms with Crippen molar-refractivity contribution in [1.82, 2.24) is 14.8 Å². The standard InChI is InChI=1S/C13H16ClN3O2/c1-9-7-10(14)3-4-11(9)13-16-15-12(8-18)17(13)5-6-19-2/h3-4,7,18H,5-6,8H2,1-2H3. The molecular formula is C13H16ClN3O2. The van der Waals surface area contributed by atoms with Crippen LogP contribution in [-0.2, 0) is 17.9 Å². The molecule has 0 unspecified atom stereocenters. The van der Waals surface area contributed by atoms with E-state index in [4.69, 9.17) is 16.3 Å². The number of aromatic nitrogens is 3. The number of nitrogens with zero attached hydrogens (tertiary/aromatic N) is 3. The Bertz CT molecular complexity index is 569. The third kappa shape index (κ3) is 2.94. The van der Waals surface area contributed by atoms with E-state index in [0.717, 1.165) is 17.0 Å². The van der Waals surface area contributed by atoms with Crippen molar-refractivity contribution in [2.24, 2.45) is 0 Å². The van der Waals surface area contributed by atoms with E-state index in [0.29, 0.717) is 24.0 Å². The topological polar surface area (TPSA) is 60.2 Å². The van der Waals surface area contributed by atoms with Gasteiger partial charge in [0, 0.05) is 24.2 Å². The van der Waals surface area contributed by atoms with E-state index in [9.17, 15) is 5.11 Å². The van der Waals surface area contributed by atoms with Gasteiger partial charge in [0.15, 0.2) is 11.6 Å². The first-order chi connectivity index (χ1) is 9.17. The van der Waals surface area contributed by atoms with Crippen LogP contribution in [0.3, 0.4) is 0 Å². The first kappa shape index (κ1) is 14.0. The van der Waals surface area contributed by atoms with Gasteiger partial charge in [-0.05, 0) is 30.7 Å². The lowest BCUT2D eigenvalue weighted by atomic mass is 10.1. The molecule has 0 atom stereocenters. The number of rotatable bonds is 5. The van der Waals surface area contributed by atoms with Crippen LogP contribution in [0.2, 0.25) is 5.02 Å². The molecule has 0 saturated heterocycles. The molecular weight excluding hydrogens is 266 g/mol. The molecule has 102 valence electrons. The maximum absolute atomic E-state index is 9.31. The number of aliphatic hydroxyl groups excluding tert-OH is 1. The highest BCUT2D eigenvalue weighted by Crippen LogP contribution is 2.25. The summed E-state index contributed by atoms with van der Waals surface area (Å²) in [5.41, 5.74) is 1.97. The molecule has 0 aliphatic heterocycles. The zero-order chi connectivity index (χ0) is 13.8. The largest absolute Gasteiger partial charge is 0.388 e. The fraction of sp³-hybridized carbons (Fsp3) is 0.385. The molecule has 0 fully saturated rings. The Kier molecular flexibility index (Phi) is 4.52. The molecule has 5 nitrogen and oxygen atoms in total. The van der Waals surface area contributed by atoms with Gasteiger partial charge in [-0.2, -0.15) is 0 Å². The van der Waals surface area contributed by atoms with Gasteiger partial charge in [0.25, 0.3) is 0 Å². The lowest BCUT2D eigenvalue weighted by molar-refractivity contribution is 0.183. The van der Waals surface area contributed by atoms with Crippen LogP contribution < -0.4 is 0 Å². The predicted molar refractivity (Wildman–Crippen MR) is 73.0 cm³/mol. The van der Waals surface area contributed by atoms with Gasteiger partial charge < -0.3 is 14.4 Å². The normalized spacial score (nSPS) is 10.9. The molecule has 2 rings (SSSR count). The van der Waals surface area contributed by atoms with E-state index in [2.05, 4.69) is 10.2 Å². The average Bonchev–Trinajstić information content (AvgIpc) is 2.79. The van der Waals surface area contributed by atoms with Crippen LogP contribution in [0.5, 0.6) is 0 Å². The summed E-state index contributed by atoms with van der Waals surface area (Å²) in [7, 11) is 1.64. The maximum Gasteiger partial charge on any atom is 0.164 e. The Hall–Kier alpha value is -1.43. The van der Waals surface area contributed by atoms with Gasteiger partial charge in [0.05, 0.1) is 6.61 Å². The van der Waals surface area contributed by atoms with Crippen LogP contribution in [0.1, 0.15) is 11.4 Å². The Morgan fingerprint density at radius 1 is 1.37 bits per heavy atom. The number of aliphatic hydroxyl groups is 1. The van der Waals surface area contributed by atoms with Gasteiger partial charge in [-0.15, -0.1) is 10.2 Å². The van der Waals surface area contributed by atoms with Crippen molar-refractivity contribution in [3.8, 4) is 11.4 Å². The van der Waals surface area contributed by atoms with Crippen molar-refractivity contribution in [2.45, 2.75) is 20.1 Å². The van der Waals surface area contributed by atoms with Crippen LogP contribution >= 0.6 is 11.6 Å². The predicted octanol–water partition coefficient (Wildman–Crippen LogP) is 2.05. The van der Waals surface area contributed by atoms with Crippen molar-refractivity contribution < 1.29 is 9.84 Å². The van der Waals surface area contributed by atoms with E-state index < -0.39 is 0 Å². The third-order valence-corrected chi connectivity index (χ3v) is 3.15. The highest BCUT2D eigenvalue weighted by molar-refractivity contribution is 6.30. The molecule has 1 aromatic heterocycles. The minimum atomic E-state index is -0.149. The fourth-order valence-electron chi connectivity index (χ4n) is 1.95. The number of aryl methyl sites for hydroxylation is 1. The quantitative estimate of drug-likeness (QED) is 0.911. The average molecular weight is 282 g/mol. The van der Waals surface area contributed by atoms with Crippen molar-refractivity contribution >= 4 is 11.6 Å². The van der Waals surface area contributed by atoms with Gasteiger partial charge in [0.1, 0.15) is 6.61 Å². The van der Waals surface area contributed by atoms with Crippen LogP contribution in [0, 0.1) is 6.92 Å². The van der Waals surface area contributed by atoms with Gasteiger partial charge >= 0.3 is 0 Å². The van der Waals surface area contributed by atoms with Gasteiger partial charge in [0.2, 0.25) is 0 Å². The smallest absolute Gasteiger partial charge is 0.164 e. The summed E-state index contributed by atoms with van der Waals surface area (Å²) in [6.07, 6.45) is 0. The zero-order valence-electron chi connectivity index (χ0n) is 10.9. The number of halogens is 1. The second kappa shape index (κ2) is 6.14. The minimum absolute atomic E-state index is 0.149. The third-order valence-electron chi connectivity index (χ3n) is 2.92. The molecule has 0 amide bonds. The van der Waals surface area contributed by atoms with Crippen LogP contribution in [-0.4, -0.2) is 33.6 Å². The first-order valence-electron chi connectivity index (χ1n) is 5.95. The molecule has 0 aliphatic carbocycles. The number of ether oxygens (including phenoxy) is 1. The van der Waals surface area contributed by atoms with Crippen molar-refractivity contribution in [3.05, 3.63) is 34.6 Å². The molecule has 1 heterocycles. The monoisotopic (exact) mass is 281 g/mol. The molecule has 0 aliphatic rings. The maximum atomic E-state index is 9.31. The van der Waals surface area contributed by atoms with E-state index in [1.54, 1.807) is 7.11 Å². The minimum Gasteiger partial charge on any atom is -0.388 e. The summed E-state index contributed by atoms with van der Waals surface area (Å²) in [4.78, 5) is 0. The molecule has 6 heteroatoms. The number of methoxy groups -OCH3 is 1. The van der Waals surface area contributed by atoms with E-state index in [1.165, 1.54) is 0 Å². The fourth-order valence-corrected chi connectivity index (χ4v) is 2.17. The summed E-state index contributed by atoms with van der Waals surface area (Å²) in [5, 5.41) is 18.1. The van der Waals surface area contributed by atoms with E-state index in [-0.39, 0.29) is 6.61 Å². The first-order valence-corrected chi connectivity index (χ1v) is 6.33. The van der Waals surface area contributed by atoms with Crippen LogP contribution in [0.4, 0.5) is 0 Å². The Labute approximate surface area is 116 Å². The van der Waals surface area contributed by atoms with Gasteiger partial charge in [-0.1, -0.05) is 11.6 Å². The molecule has 0 bridgehead atoms. The number of hydrogen-bond acceptors (Lipinski definition) is 4. The Balaban J connectivity index is 2.46. The molecule has 0 radical (unpaired) electrons. The van der Waals surface area contributed by atoms with E-state index in [1.807, 2.05) is 29.7 Å². The highest BCUT2D eigenvalue weighted by atomic mass is 35.5.